The van der Waals surface area contributed by atoms with E-state index in [1.807, 2.05) is 24.3 Å². The van der Waals surface area contributed by atoms with Crippen LogP contribution >= 0.6 is 11.6 Å². The van der Waals surface area contributed by atoms with Crippen LogP contribution in [-0.4, -0.2) is 26.9 Å². The Hall–Kier alpha value is -2.34. The van der Waals surface area contributed by atoms with Crippen LogP contribution in [0.4, 0.5) is 10.6 Å². The Balaban J connectivity index is 2.06. The first-order chi connectivity index (χ1) is 10.3. The van der Waals surface area contributed by atoms with E-state index in [2.05, 4.69) is 20.5 Å². The van der Waals surface area contributed by atoms with Gasteiger partial charge in [-0.25, -0.2) is 4.79 Å². The van der Waals surface area contributed by atoms with Gasteiger partial charge in [0.05, 0.1) is 5.56 Å². The van der Waals surface area contributed by atoms with Gasteiger partial charge in [-0.15, -0.1) is 10.2 Å². The average molecular weight is 319 g/mol. The van der Waals surface area contributed by atoms with Crippen molar-refractivity contribution < 1.29 is 9.53 Å². The molecular weight excluding hydrogens is 304 g/mol. The maximum atomic E-state index is 11.9. The van der Waals surface area contributed by atoms with Crippen LogP contribution in [0.15, 0.2) is 24.3 Å². The Bertz CT molecular complexity index is 822. The molecule has 2 aliphatic heterocycles. The summed E-state index contributed by atoms with van der Waals surface area (Å²) in [5, 5.41) is 11.9. The molecule has 7 heteroatoms. The molecule has 22 heavy (non-hydrogen) atoms. The van der Waals surface area contributed by atoms with Crippen molar-refractivity contribution in [2.75, 3.05) is 5.32 Å². The molecule has 0 unspecified atom stereocenters. The van der Waals surface area contributed by atoms with Crippen molar-refractivity contribution in [1.29, 1.82) is 0 Å². The number of aromatic amines is 1. The second kappa shape index (κ2) is 5.14. The van der Waals surface area contributed by atoms with E-state index in [9.17, 15) is 4.79 Å². The lowest BCUT2D eigenvalue weighted by Crippen LogP contribution is -2.27. The van der Waals surface area contributed by atoms with Crippen molar-refractivity contribution >= 4 is 34.4 Å². The zero-order valence-corrected chi connectivity index (χ0v) is 13.2. The SMILES string of the molecule is CC(C)(C)OC(=O)Nc1nnc2c(Cl)[nH]c3ccccc3c1-2. The number of nitrogens with one attached hydrogen (secondary N) is 2. The molecule has 1 aromatic rings. The Kier molecular flexibility index (Phi) is 3.41. The molecule has 114 valence electrons. The van der Waals surface area contributed by atoms with E-state index >= 15 is 0 Å². The number of carbonyl (C=O) groups is 1. The predicted octanol–water partition coefficient (Wildman–Crippen LogP) is 4.06. The Morgan fingerprint density at radius 3 is 2.73 bits per heavy atom. The smallest absolute Gasteiger partial charge is 0.413 e. The molecule has 0 bridgehead atoms. The molecule has 1 aromatic carbocycles. The number of H-pyrrole nitrogens is 1. The molecule has 0 atom stereocenters. The molecule has 6 nitrogen and oxygen atoms in total. The number of benzene rings is 1. The zero-order valence-electron chi connectivity index (χ0n) is 12.4. The van der Waals surface area contributed by atoms with Gasteiger partial charge in [-0.3, -0.25) is 5.32 Å². The molecule has 1 amide bonds. The van der Waals surface area contributed by atoms with Gasteiger partial charge in [-0.05, 0) is 26.8 Å². The van der Waals surface area contributed by atoms with E-state index in [4.69, 9.17) is 16.3 Å². The average Bonchev–Trinajstić information content (AvgIpc) is 2.81. The maximum Gasteiger partial charge on any atom is 0.413 e. The fourth-order valence-electron chi connectivity index (χ4n) is 2.20. The third-order valence-electron chi connectivity index (χ3n) is 2.99. The van der Waals surface area contributed by atoms with Gasteiger partial charge in [0, 0.05) is 10.9 Å². The van der Waals surface area contributed by atoms with Crippen LogP contribution in [-0.2, 0) is 4.74 Å². The van der Waals surface area contributed by atoms with Crippen LogP contribution in [0.1, 0.15) is 20.8 Å². The third kappa shape index (κ3) is 2.69. The number of amides is 1. The van der Waals surface area contributed by atoms with E-state index in [-0.39, 0.29) is 0 Å². The summed E-state index contributed by atoms with van der Waals surface area (Å²) in [6, 6.07) is 7.60. The summed E-state index contributed by atoms with van der Waals surface area (Å²) in [5.41, 5.74) is 1.44. The van der Waals surface area contributed by atoms with E-state index in [1.54, 1.807) is 20.8 Å². The number of halogens is 1. The number of pyridine rings is 1. The van der Waals surface area contributed by atoms with Crippen molar-refractivity contribution in [3.63, 3.8) is 0 Å². The van der Waals surface area contributed by atoms with E-state index < -0.39 is 11.7 Å². The fourth-order valence-corrected chi connectivity index (χ4v) is 2.43. The molecule has 0 saturated heterocycles. The minimum absolute atomic E-state index is 0.330. The molecular formula is C15H15ClN4O2. The van der Waals surface area contributed by atoms with Crippen molar-refractivity contribution in [3.05, 3.63) is 29.4 Å². The number of fused-ring (bicyclic) bond motifs is 3. The van der Waals surface area contributed by atoms with Crippen LogP contribution in [0.25, 0.3) is 22.2 Å². The van der Waals surface area contributed by atoms with Gasteiger partial charge in [0.2, 0.25) is 0 Å². The van der Waals surface area contributed by atoms with Gasteiger partial charge in [0.15, 0.2) is 5.82 Å². The van der Waals surface area contributed by atoms with Gasteiger partial charge in [-0.2, -0.15) is 0 Å². The van der Waals surface area contributed by atoms with Crippen LogP contribution in [0.2, 0.25) is 5.15 Å². The highest BCUT2D eigenvalue weighted by Crippen LogP contribution is 2.38. The number of ether oxygens (including phenoxy) is 1. The standard InChI is InChI=1S/C15H15ClN4O2/c1-15(2,3)22-14(21)18-13-10-8-6-4-5-7-9(8)17-12(16)11(10)19-20-13/h4-7,17H,1-3H3,(H,18,21). The lowest BCUT2D eigenvalue weighted by molar-refractivity contribution is 0.0635. The summed E-state index contributed by atoms with van der Waals surface area (Å²) in [4.78, 5) is 15.0. The van der Waals surface area contributed by atoms with E-state index in [0.717, 1.165) is 10.9 Å². The lowest BCUT2D eigenvalue weighted by Gasteiger charge is -2.19. The predicted molar refractivity (Wildman–Crippen MR) is 85.4 cm³/mol. The number of rotatable bonds is 1. The third-order valence-corrected chi connectivity index (χ3v) is 3.27. The Morgan fingerprint density at radius 2 is 2.00 bits per heavy atom. The van der Waals surface area contributed by atoms with Crippen LogP contribution < -0.4 is 5.32 Å². The van der Waals surface area contributed by atoms with E-state index in [0.29, 0.717) is 22.2 Å². The van der Waals surface area contributed by atoms with Crippen molar-refractivity contribution in [1.82, 2.24) is 15.2 Å². The molecule has 0 fully saturated rings. The normalized spacial score (nSPS) is 11.8. The molecule has 0 aromatic heterocycles. The highest BCUT2D eigenvalue weighted by Gasteiger charge is 2.24. The number of carbonyl (C=O) groups excluding carboxylic acids is 1. The molecule has 0 spiro atoms. The molecule has 0 aliphatic carbocycles. The zero-order chi connectivity index (χ0) is 15.9. The number of nitrogens with zero attached hydrogens (tertiary/aromatic N) is 2. The second-order valence-electron chi connectivity index (χ2n) is 5.88. The number of anilines is 1. The minimum atomic E-state index is -0.590. The van der Waals surface area contributed by atoms with Gasteiger partial charge >= 0.3 is 6.09 Å². The van der Waals surface area contributed by atoms with Crippen molar-refractivity contribution in [3.8, 4) is 11.3 Å². The van der Waals surface area contributed by atoms with Crippen molar-refractivity contribution in [2.24, 2.45) is 0 Å². The summed E-state index contributed by atoms with van der Waals surface area (Å²) in [7, 11) is 0. The Labute approximate surface area is 132 Å². The second-order valence-corrected chi connectivity index (χ2v) is 6.26. The molecule has 2 aliphatic rings. The van der Waals surface area contributed by atoms with Crippen LogP contribution in [0.3, 0.4) is 0 Å². The first-order valence-corrected chi connectivity index (χ1v) is 7.15. The molecule has 3 rings (SSSR count). The van der Waals surface area contributed by atoms with Gasteiger partial charge in [0.25, 0.3) is 0 Å². The lowest BCUT2D eigenvalue weighted by atomic mass is 10.1. The van der Waals surface area contributed by atoms with Gasteiger partial charge < -0.3 is 9.72 Å². The number of aromatic nitrogens is 3. The molecule has 0 saturated carbocycles. The summed E-state index contributed by atoms with van der Waals surface area (Å²) in [6.07, 6.45) is -0.581. The van der Waals surface area contributed by atoms with Crippen LogP contribution in [0, 0.1) is 0 Å². The monoisotopic (exact) mass is 318 g/mol. The van der Waals surface area contributed by atoms with E-state index in [1.165, 1.54) is 0 Å². The van der Waals surface area contributed by atoms with Gasteiger partial charge in [-0.1, -0.05) is 29.8 Å². The highest BCUT2D eigenvalue weighted by molar-refractivity contribution is 6.33. The van der Waals surface area contributed by atoms with Crippen molar-refractivity contribution in [2.45, 2.75) is 26.4 Å². The fraction of sp³-hybridized carbons (Fsp3) is 0.267. The summed E-state index contributed by atoms with van der Waals surface area (Å²) in [5.74, 6) is 0.330. The largest absolute Gasteiger partial charge is 0.444 e. The summed E-state index contributed by atoms with van der Waals surface area (Å²) >= 11 is 6.19. The highest BCUT2D eigenvalue weighted by atomic mass is 35.5. The maximum absolute atomic E-state index is 11.9. The topological polar surface area (TPSA) is 79.9 Å². The summed E-state index contributed by atoms with van der Waals surface area (Å²) < 4.78 is 5.24. The summed E-state index contributed by atoms with van der Waals surface area (Å²) in [6.45, 7) is 5.38. The molecule has 0 radical (unpaired) electrons. The first-order valence-electron chi connectivity index (χ1n) is 6.78. The van der Waals surface area contributed by atoms with Gasteiger partial charge in [0.1, 0.15) is 16.4 Å². The number of hydrogen-bond donors (Lipinski definition) is 2. The molecule has 2 heterocycles. The van der Waals surface area contributed by atoms with Crippen LogP contribution in [0.5, 0.6) is 0 Å². The molecule has 2 N–H and O–H groups in total. The first kappa shape index (κ1) is 14.6. The minimum Gasteiger partial charge on any atom is -0.444 e. The number of hydrogen-bond acceptors (Lipinski definition) is 4. The Morgan fingerprint density at radius 1 is 1.27 bits per heavy atom. The quantitative estimate of drug-likeness (QED) is 0.663. The number of para-hydroxylation sites is 1.